The van der Waals surface area contributed by atoms with E-state index in [2.05, 4.69) is 11.8 Å². The van der Waals surface area contributed by atoms with E-state index >= 15 is 0 Å². The van der Waals surface area contributed by atoms with Crippen molar-refractivity contribution < 1.29 is 49.8 Å². The molecule has 14 heteroatoms. The molecule has 41 heavy (non-hydrogen) atoms. The van der Waals surface area contributed by atoms with Crippen molar-refractivity contribution in [3.05, 3.63) is 53.3 Å². The van der Waals surface area contributed by atoms with Crippen LogP contribution in [0.3, 0.4) is 0 Å². The molecule has 7 nitrogen and oxygen atoms in total. The lowest BCUT2D eigenvalue weighted by atomic mass is 10.1. The molecule has 0 spiro atoms. The third-order valence-electron chi connectivity index (χ3n) is 6.14. The molecule has 0 aliphatic carbocycles. The average Bonchev–Trinajstić information content (AvgIpc) is 3.42. The molecule has 0 N–H and O–H groups in total. The molecule has 0 saturated carbocycles. The molecule has 222 valence electrons. The summed E-state index contributed by atoms with van der Waals surface area (Å²) >= 11 is 0. The first-order chi connectivity index (χ1) is 19.2. The minimum Gasteiger partial charge on any atom is -0.407 e. The molecule has 1 heterocycles. The number of alkyl halides is 6. The van der Waals surface area contributed by atoms with E-state index < -0.39 is 46.8 Å². The van der Waals surface area contributed by atoms with Gasteiger partial charge in [-0.25, -0.2) is 9.18 Å². The number of rotatable bonds is 8. The molecule has 2 aromatic rings. The number of amides is 2. The van der Waals surface area contributed by atoms with Crippen LogP contribution in [0.2, 0.25) is 0 Å². The molecular formula is C27H26F7N3O4. The molecule has 2 aromatic carbocycles. The molecule has 1 unspecified atom stereocenters. The standard InChI is InChI=1S/C27H26F7N3O4/c1-35(12-13-37(17-38)11-3-5-21-6-4-14-40-21)23-16-18(26(29,30)31)15-22(27(32,33)34)24(23)41-25(39)36(2)20-9-7-19(28)8-10-20/h7-10,15-17,21H,4,6,11-14H2,1-2H3. The Bertz CT molecular complexity index is 1280. The summed E-state index contributed by atoms with van der Waals surface area (Å²) in [5.41, 5.74) is -4.08. The Morgan fingerprint density at radius 3 is 2.32 bits per heavy atom. The summed E-state index contributed by atoms with van der Waals surface area (Å²) in [5, 5.41) is 0. The van der Waals surface area contributed by atoms with Crippen LogP contribution in [0.5, 0.6) is 5.75 Å². The van der Waals surface area contributed by atoms with Crippen molar-refractivity contribution in [3.63, 3.8) is 0 Å². The lowest BCUT2D eigenvalue weighted by Crippen LogP contribution is -2.34. The highest BCUT2D eigenvalue weighted by Crippen LogP contribution is 2.46. The second kappa shape index (κ2) is 13.1. The van der Waals surface area contributed by atoms with E-state index in [4.69, 9.17) is 9.47 Å². The summed E-state index contributed by atoms with van der Waals surface area (Å²) in [7, 11) is 2.33. The zero-order chi connectivity index (χ0) is 30.4. The minimum absolute atomic E-state index is 0.0438. The number of likely N-dealkylation sites (N-methyl/N-ethyl adjacent to an activating group) is 1. The normalized spacial score (nSPS) is 15.1. The van der Waals surface area contributed by atoms with E-state index in [0.29, 0.717) is 19.1 Å². The molecule has 3 rings (SSSR count). The van der Waals surface area contributed by atoms with Crippen LogP contribution in [0.25, 0.3) is 0 Å². The van der Waals surface area contributed by atoms with Gasteiger partial charge in [0.2, 0.25) is 6.41 Å². The van der Waals surface area contributed by atoms with Gasteiger partial charge < -0.3 is 19.3 Å². The van der Waals surface area contributed by atoms with Gasteiger partial charge in [-0.3, -0.25) is 9.69 Å². The number of hydrogen-bond donors (Lipinski definition) is 0. The van der Waals surface area contributed by atoms with Crippen molar-refractivity contribution >= 4 is 23.9 Å². The Balaban J connectivity index is 1.92. The third-order valence-corrected chi connectivity index (χ3v) is 6.14. The van der Waals surface area contributed by atoms with Crippen LogP contribution < -0.4 is 14.5 Å². The van der Waals surface area contributed by atoms with Crippen molar-refractivity contribution in [2.75, 3.05) is 50.1 Å². The topological polar surface area (TPSA) is 62.3 Å². The first kappa shape index (κ1) is 31.5. The summed E-state index contributed by atoms with van der Waals surface area (Å²) in [4.78, 5) is 27.3. The van der Waals surface area contributed by atoms with Crippen molar-refractivity contribution in [1.82, 2.24) is 4.90 Å². The van der Waals surface area contributed by atoms with Crippen LogP contribution in [0.15, 0.2) is 36.4 Å². The maximum Gasteiger partial charge on any atom is 0.420 e. The minimum atomic E-state index is -5.34. The molecule has 0 bridgehead atoms. The van der Waals surface area contributed by atoms with Crippen molar-refractivity contribution in [2.45, 2.75) is 31.3 Å². The van der Waals surface area contributed by atoms with Crippen LogP contribution >= 0.6 is 0 Å². The van der Waals surface area contributed by atoms with Gasteiger partial charge >= 0.3 is 18.4 Å². The summed E-state index contributed by atoms with van der Waals surface area (Å²) in [6.45, 7) is 0.168. The van der Waals surface area contributed by atoms with Crippen LogP contribution in [-0.2, 0) is 21.9 Å². The SMILES string of the molecule is CN(CCN(C=O)CC#CC1CCCO1)c1cc(C(F)(F)F)cc(C(F)(F)F)c1OC(=O)N(C)c1ccc(F)cc1. The Morgan fingerprint density at radius 1 is 1.07 bits per heavy atom. The lowest BCUT2D eigenvalue weighted by molar-refractivity contribution is -0.143. The van der Waals surface area contributed by atoms with Crippen molar-refractivity contribution in [1.29, 1.82) is 0 Å². The molecule has 2 amide bonds. The zero-order valence-corrected chi connectivity index (χ0v) is 22.0. The number of nitrogens with zero attached hydrogens (tertiary/aromatic N) is 3. The zero-order valence-electron chi connectivity index (χ0n) is 22.0. The number of carbonyl (C=O) groups is 2. The van der Waals surface area contributed by atoms with Gasteiger partial charge in [0.05, 0.1) is 17.8 Å². The number of hydrogen-bond acceptors (Lipinski definition) is 5. The van der Waals surface area contributed by atoms with Crippen molar-refractivity contribution in [2.24, 2.45) is 0 Å². The number of ether oxygens (including phenoxy) is 2. The van der Waals surface area contributed by atoms with Gasteiger partial charge in [0.15, 0.2) is 5.75 Å². The number of anilines is 2. The Labute approximate surface area is 231 Å². The highest BCUT2D eigenvalue weighted by Gasteiger charge is 2.42. The third kappa shape index (κ3) is 8.50. The molecule has 1 aliphatic rings. The number of halogens is 7. The van der Waals surface area contributed by atoms with Gasteiger partial charge in [-0.05, 0) is 49.2 Å². The molecular weight excluding hydrogens is 563 g/mol. The van der Waals surface area contributed by atoms with Crippen LogP contribution in [0.1, 0.15) is 24.0 Å². The van der Waals surface area contributed by atoms with Gasteiger partial charge in [0.25, 0.3) is 0 Å². The van der Waals surface area contributed by atoms with E-state index in [9.17, 15) is 40.3 Å². The first-order valence-electron chi connectivity index (χ1n) is 12.2. The highest BCUT2D eigenvalue weighted by atomic mass is 19.4. The Hall–Kier alpha value is -3.99. The summed E-state index contributed by atoms with van der Waals surface area (Å²) in [5.74, 6) is 3.83. The fraction of sp³-hybridized carbons (Fsp3) is 0.407. The summed E-state index contributed by atoms with van der Waals surface area (Å²) < 4.78 is 106. The monoisotopic (exact) mass is 589 g/mol. The largest absolute Gasteiger partial charge is 0.420 e. The van der Waals surface area contributed by atoms with E-state index in [1.807, 2.05) is 0 Å². The quantitative estimate of drug-likeness (QED) is 0.229. The second-order valence-corrected chi connectivity index (χ2v) is 9.09. The van der Waals surface area contributed by atoms with E-state index in [1.165, 1.54) is 11.9 Å². The highest BCUT2D eigenvalue weighted by molar-refractivity contribution is 5.89. The Morgan fingerprint density at radius 2 is 1.76 bits per heavy atom. The second-order valence-electron chi connectivity index (χ2n) is 9.09. The first-order valence-corrected chi connectivity index (χ1v) is 12.2. The average molecular weight is 590 g/mol. The molecule has 0 radical (unpaired) electrons. The maximum atomic E-state index is 14.0. The molecule has 1 fully saturated rings. The van der Waals surface area contributed by atoms with Crippen LogP contribution in [-0.4, -0.2) is 63.8 Å². The van der Waals surface area contributed by atoms with Crippen molar-refractivity contribution in [3.8, 4) is 17.6 Å². The maximum absolute atomic E-state index is 14.0. The van der Waals surface area contributed by atoms with E-state index in [-0.39, 0.29) is 37.5 Å². The van der Waals surface area contributed by atoms with E-state index in [0.717, 1.165) is 54.0 Å². The van der Waals surface area contributed by atoms with Gasteiger partial charge in [-0.2, -0.15) is 26.3 Å². The van der Waals surface area contributed by atoms with Gasteiger partial charge in [-0.15, -0.1) is 0 Å². The van der Waals surface area contributed by atoms with Crippen LogP contribution in [0.4, 0.5) is 46.9 Å². The molecule has 1 saturated heterocycles. The lowest BCUT2D eigenvalue weighted by Gasteiger charge is -2.28. The molecule has 1 atom stereocenters. The Kier molecular flexibility index (Phi) is 10.1. The predicted octanol–water partition coefficient (Wildman–Crippen LogP) is 5.58. The summed E-state index contributed by atoms with van der Waals surface area (Å²) in [6, 6.07) is 4.62. The number of carbonyl (C=O) groups excluding carboxylic acids is 2. The predicted molar refractivity (Wildman–Crippen MR) is 135 cm³/mol. The van der Waals surface area contributed by atoms with Crippen LogP contribution in [0, 0.1) is 17.7 Å². The van der Waals surface area contributed by atoms with Gasteiger partial charge in [0.1, 0.15) is 17.5 Å². The smallest absolute Gasteiger partial charge is 0.407 e. The summed E-state index contributed by atoms with van der Waals surface area (Å²) in [6.07, 6.45) is -10.1. The molecule has 1 aliphatic heterocycles. The van der Waals surface area contributed by atoms with E-state index in [1.54, 1.807) is 0 Å². The van der Waals surface area contributed by atoms with Gasteiger partial charge in [-0.1, -0.05) is 11.8 Å². The van der Waals surface area contributed by atoms with Gasteiger partial charge in [0, 0.05) is 39.5 Å². The fourth-order valence-electron chi connectivity index (χ4n) is 3.82. The fourth-order valence-corrected chi connectivity index (χ4v) is 3.82. The molecule has 0 aromatic heterocycles. The number of benzene rings is 2.